The number of guanidine groups is 1. The summed E-state index contributed by atoms with van der Waals surface area (Å²) in [4.78, 5) is 4.22. The zero-order chi connectivity index (χ0) is 22.3. The number of aliphatic imine (C=N–C) groups is 1. The van der Waals surface area contributed by atoms with Crippen LogP contribution in [0.2, 0.25) is 0 Å². The van der Waals surface area contributed by atoms with E-state index >= 15 is 0 Å². The van der Waals surface area contributed by atoms with Gasteiger partial charge in [0.25, 0.3) is 0 Å². The van der Waals surface area contributed by atoms with Crippen molar-refractivity contribution in [3.8, 4) is 11.1 Å². The van der Waals surface area contributed by atoms with Crippen molar-refractivity contribution in [3.63, 3.8) is 0 Å². The number of anilines is 1. The molecule has 1 aromatic heterocycles. The molecular weight excluding hydrogens is 403 g/mol. The van der Waals surface area contributed by atoms with Gasteiger partial charge in [0.2, 0.25) is 0 Å². The van der Waals surface area contributed by atoms with Crippen LogP contribution in [0, 0.1) is 5.82 Å². The lowest BCUT2D eigenvalue weighted by atomic mass is 9.94. The number of hydrogen-bond acceptors (Lipinski definition) is 3. The molecule has 0 fully saturated rings. The first-order valence-corrected chi connectivity index (χ1v) is 10.5. The maximum atomic E-state index is 14.8. The van der Waals surface area contributed by atoms with Crippen molar-refractivity contribution < 1.29 is 8.91 Å². The quantitative estimate of drug-likeness (QED) is 0.300. The summed E-state index contributed by atoms with van der Waals surface area (Å²) < 4.78 is 20.3. The second-order valence-electron chi connectivity index (χ2n) is 7.46. The maximum absolute atomic E-state index is 14.8. The zero-order valence-corrected chi connectivity index (χ0v) is 18.0. The standard InChI is InChI=1S/C26H25FN4O/c1-18(20-13-14-23(24(27)15-20)19-9-5-3-6-10-19)25-16-22(32-31-25)17-29-26(28-2)30-21-11-7-4-8-12-21/h3-16,18H,17H2,1-2H3,(H2,28,29,30). The average Bonchev–Trinajstić information content (AvgIpc) is 3.31. The molecule has 0 aliphatic heterocycles. The van der Waals surface area contributed by atoms with Crippen LogP contribution in [0.1, 0.15) is 29.9 Å². The second-order valence-corrected chi connectivity index (χ2v) is 7.46. The van der Waals surface area contributed by atoms with E-state index in [4.69, 9.17) is 4.52 Å². The van der Waals surface area contributed by atoms with E-state index in [0.29, 0.717) is 23.8 Å². The number of aromatic nitrogens is 1. The first kappa shape index (κ1) is 21.3. The molecule has 4 rings (SSSR count). The minimum Gasteiger partial charge on any atom is -0.359 e. The van der Waals surface area contributed by atoms with Crippen LogP contribution < -0.4 is 10.6 Å². The summed E-state index contributed by atoms with van der Waals surface area (Å²) in [5, 5.41) is 10.6. The highest BCUT2D eigenvalue weighted by Crippen LogP contribution is 2.29. The van der Waals surface area contributed by atoms with Gasteiger partial charge in [0.1, 0.15) is 5.82 Å². The third kappa shape index (κ3) is 5.03. The monoisotopic (exact) mass is 428 g/mol. The van der Waals surface area contributed by atoms with Crippen LogP contribution in [0.4, 0.5) is 10.1 Å². The number of halogens is 1. The van der Waals surface area contributed by atoms with Crippen LogP contribution in [-0.4, -0.2) is 18.2 Å². The minimum absolute atomic E-state index is 0.103. The molecule has 0 radical (unpaired) electrons. The Hall–Kier alpha value is -3.93. The topological polar surface area (TPSA) is 62.5 Å². The molecule has 4 aromatic rings. The summed E-state index contributed by atoms with van der Waals surface area (Å²) in [5.74, 6) is 0.945. The molecule has 32 heavy (non-hydrogen) atoms. The highest BCUT2D eigenvalue weighted by molar-refractivity contribution is 5.93. The Kier molecular flexibility index (Phi) is 6.60. The van der Waals surface area contributed by atoms with Gasteiger partial charge in [0.05, 0.1) is 12.2 Å². The molecule has 3 aromatic carbocycles. The Bertz CT molecular complexity index is 1190. The normalized spacial score (nSPS) is 12.4. The number of benzene rings is 3. The smallest absolute Gasteiger partial charge is 0.195 e. The minimum atomic E-state index is -0.248. The third-order valence-electron chi connectivity index (χ3n) is 5.29. The first-order chi connectivity index (χ1) is 15.6. The van der Waals surface area contributed by atoms with Gasteiger partial charge in [0, 0.05) is 30.3 Å². The van der Waals surface area contributed by atoms with Crippen molar-refractivity contribution in [2.45, 2.75) is 19.4 Å². The first-order valence-electron chi connectivity index (χ1n) is 10.5. The summed E-state index contributed by atoms with van der Waals surface area (Å²) in [5.41, 5.74) is 3.98. The molecule has 0 bridgehead atoms. The largest absolute Gasteiger partial charge is 0.359 e. The summed E-state index contributed by atoms with van der Waals surface area (Å²) >= 11 is 0. The molecule has 162 valence electrons. The number of para-hydroxylation sites is 1. The molecule has 0 saturated carbocycles. The van der Waals surface area contributed by atoms with Crippen LogP contribution in [0.3, 0.4) is 0 Å². The Balaban J connectivity index is 1.41. The molecule has 2 N–H and O–H groups in total. The zero-order valence-electron chi connectivity index (χ0n) is 18.0. The number of rotatable bonds is 6. The van der Waals surface area contributed by atoms with E-state index in [2.05, 4.69) is 20.8 Å². The lowest BCUT2D eigenvalue weighted by Crippen LogP contribution is -2.30. The van der Waals surface area contributed by atoms with E-state index in [9.17, 15) is 4.39 Å². The predicted molar refractivity (Wildman–Crippen MR) is 126 cm³/mol. The molecule has 0 saturated heterocycles. The van der Waals surface area contributed by atoms with Gasteiger partial charge in [-0.25, -0.2) is 4.39 Å². The van der Waals surface area contributed by atoms with E-state index in [1.54, 1.807) is 13.1 Å². The molecular formula is C26H25FN4O. The van der Waals surface area contributed by atoms with E-state index in [1.807, 2.05) is 85.8 Å². The van der Waals surface area contributed by atoms with Crippen LogP contribution >= 0.6 is 0 Å². The van der Waals surface area contributed by atoms with Crippen LogP contribution in [0.15, 0.2) is 94.4 Å². The van der Waals surface area contributed by atoms with Crippen molar-refractivity contribution in [1.29, 1.82) is 0 Å². The van der Waals surface area contributed by atoms with E-state index in [1.165, 1.54) is 0 Å². The van der Waals surface area contributed by atoms with Gasteiger partial charge in [-0.15, -0.1) is 0 Å². The molecule has 5 nitrogen and oxygen atoms in total. The van der Waals surface area contributed by atoms with Crippen molar-refractivity contribution >= 4 is 11.6 Å². The van der Waals surface area contributed by atoms with Gasteiger partial charge in [-0.05, 0) is 29.3 Å². The Labute approximate surface area is 187 Å². The fraction of sp³-hybridized carbons (Fsp3) is 0.154. The molecule has 1 atom stereocenters. The Morgan fingerprint density at radius 1 is 1.00 bits per heavy atom. The SMILES string of the molecule is CN=C(NCc1cc(C(C)c2ccc(-c3ccccc3)c(F)c2)no1)Nc1ccccc1. The third-order valence-corrected chi connectivity index (χ3v) is 5.29. The molecule has 1 unspecified atom stereocenters. The van der Waals surface area contributed by atoms with Crippen LogP contribution in [0.25, 0.3) is 11.1 Å². The van der Waals surface area contributed by atoms with Crippen molar-refractivity contribution in [2.75, 3.05) is 12.4 Å². The summed E-state index contributed by atoms with van der Waals surface area (Å²) in [6, 6.07) is 26.5. The van der Waals surface area contributed by atoms with Crippen molar-refractivity contribution in [1.82, 2.24) is 10.5 Å². The van der Waals surface area contributed by atoms with E-state index < -0.39 is 0 Å². The number of nitrogens with one attached hydrogen (secondary N) is 2. The lowest BCUT2D eigenvalue weighted by Gasteiger charge is -2.11. The molecule has 0 aliphatic carbocycles. The van der Waals surface area contributed by atoms with Crippen LogP contribution in [-0.2, 0) is 6.54 Å². The van der Waals surface area contributed by atoms with Gasteiger partial charge >= 0.3 is 0 Å². The molecule has 0 amide bonds. The fourth-order valence-electron chi connectivity index (χ4n) is 3.45. The molecule has 0 spiro atoms. The Morgan fingerprint density at radius 3 is 2.41 bits per heavy atom. The fourth-order valence-corrected chi connectivity index (χ4v) is 3.45. The highest BCUT2D eigenvalue weighted by Gasteiger charge is 2.16. The summed E-state index contributed by atoms with van der Waals surface area (Å²) in [6.07, 6.45) is 0. The lowest BCUT2D eigenvalue weighted by molar-refractivity contribution is 0.373. The van der Waals surface area contributed by atoms with E-state index in [-0.39, 0.29) is 11.7 Å². The average molecular weight is 429 g/mol. The molecule has 1 heterocycles. The number of nitrogens with zero attached hydrogens (tertiary/aromatic N) is 2. The van der Waals surface area contributed by atoms with Crippen molar-refractivity contribution in [2.24, 2.45) is 4.99 Å². The van der Waals surface area contributed by atoms with Crippen LogP contribution in [0.5, 0.6) is 0 Å². The van der Waals surface area contributed by atoms with Gasteiger partial charge in [-0.3, -0.25) is 4.99 Å². The summed E-state index contributed by atoms with van der Waals surface area (Å²) in [6.45, 7) is 2.41. The van der Waals surface area contributed by atoms with Crippen molar-refractivity contribution in [3.05, 3.63) is 108 Å². The maximum Gasteiger partial charge on any atom is 0.195 e. The van der Waals surface area contributed by atoms with Gasteiger partial charge < -0.3 is 15.2 Å². The van der Waals surface area contributed by atoms with E-state index in [0.717, 1.165) is 22.5 Å². The molecule has 0 aliphatic rings. The van der Waals surface area contributed by atoms with Gasteiger partial charge in [0.15, 0.2) is 11.7 Å². The Morgan fingerprint density at radius 2 is 1.72 bits per heavy atom. The highest BCUT2D eigenvalue weighted by atomic mass is 19.1. The van der Waals surface area contributed by atoms with Gasteiger partial charge in [-0.2, -0.15) is 0 Å². The summed E-state index contributed by atoms with van der Waals surface area (Å²) in [7, 11) is 1.71. The van der Waals surface area contributed by atoms with Gasteiger partial charge in [-0.1, -0.05) is 72.7 Å². The number of hydrogen-bond donors (Lipinski definition) is 2. The predicted octanol–water partition coefficient (Wildman–Crippen LogP) is 5.82. The second kappa shape index (κ2) is 9.92. The molecule has 6 heteroatoms.